The molecule has 6 heteroatoms. The fourth-order valence-corrected chi connectivity index (χ4v) is 3.01. The minimum atomic E-state index is -0.842. The van der Waals surface area contributed by atoms with E-state index >= 15 is 0 Å². The Kier molecular flexibility index (Phi) is 5.55. The summed E-state index contributed by atoms with van der Waals surface area (Å²) in [4.78, 5) is 24.6. The van der Waals surface area contributed by atoms with Crippen LogP contribution in [0.25, 0.3) is 16.9 Å². The molecular formula is C23H26N4O2. The van der Waals surface area contributed by atoms with Gasteiger partial charge < -0.3 is 11.1 Å². The van der Waals surface area contributed by atoms with E-state index in [0.717, 1.165) is 22.4 Å². The van der Waals surface area contributed by atoms with Crippen molar-refractivity contribution in [2.75, 3.05) is 6.54 Å². The van der Waals surface area contributed by atoms with Crippen molar-refractivity contribution in [1.29, 1.82) is 0 Å². The van der Waals surface area contributed by atoms with Gasteiger partial charge in [0, 0.05) is 18.3 Å². The Morgan fingerprint density at radius 1 is 1.10 bits per heavy atom. The summed E-state index contributed by atoms with van der Waals surface area (Å²) in [5.41, 5.74) is 9.55. The Labute approximate surface area is 170 Å². The van der Waals surface area contributed by atoms with Gasteiger partial charge in [0.15, 0.2) is 0 Å². The second kappa shape index (κ2) is 7.91. The summed E-state index contributed by atoms with van der Waals surface area (Å²) >= 11 is 0. The van der Waals surface area contributed by atoms with E-state index < -0.39 is 11.3 Å². The minimum Gasteiger partial charge on any atom is -0.369 e. The molecule has 0 unspecified atom stereocenters. The number of rotatable bonds is 6. The van der Waals surface area contributed by atoms with E-state index in [1.807, 2.05) is 56.3 Å². The largest absolute Gasteiger partial charge is 0.369 e. The van der Waals surface area contributed by atoms with Crippen LogP contribution in [0.1, 0.15) is 35.3 Å². The molecule has 2 aromatic carbocycles. The van der Waals surface area contributed by atoms with Gasteiger partial charge >= 0.3 is 0 Å². The highest BCUT2D eigenvalue weighted by Crippen LogP contribution is 2.27. The monoisotopic (exact) mass is 390 g/mol. The molecule has 0 fully saturated rings. The number of nitrogens with zero attached hydrogens (tertiary/aromatic N) is 2. The van der Waals surface area contributed by atoms with Crippen molar-refractivity contribution in [3.63, 3.8) is 0 Å². The number of amides is 2. The van der Waals surface area contributed by atoms with Crippen molar-refractivity contribution in [1.82, 2.24) is 15.1 Å². The van der Waals surface area contributed by atoms with Crippen LogP contribution in [0.5, 0.6) is 0 Å². The van der Waals surface area contributed by atoms with Crippen molar-refractivity contribution in [3.05, 3.63) is 71.4 Å². The van der Waals surface area contributed by atoms with E-state index in [-0.39, 0.29) is 12.5 Å². The molecular weight excluding hydrogens is 364 g/mol. The molecule has 1 heterocycles. The van der Waals surface area contributed by atoms with Gasteiger partial charge in [0.2, 0.25) is 5.91 Å². The molecule has 0 spiro atoms. The topological polar surface area (TPSA) is 90.0 Å². The molecule has 0 aliphatic heterocycles. The van der Waals surface area contributed by atoms with E-state index in [2.05, 4.69) is 11.4 Å². The summed E-state index contributed by atoms with van der Waals surface area (Å²) in [5.74, 6) is -0.760. The molecule has 6 nitrogen and oxygen atoms in total. The molecule has 0 atom stereocenters. The van der Waals surface area contributed by atoms with Crippen LogP contribution in [0.15, 0.2) is 54.7 Å². The first kappa shape index (κ1) is 20.3. The van der Waals surface area contributed by atoms with Crippen molar-refractivity contribution in [2.45, 2.75) is 27.7 Å². The fourth-order valence-electron chi connectivity index (χ4n) is 3.01. The van der Waals surface area contributed by atoms with Gasteiger partial charge in [-0.3, -0.25) is 9.59 Å². The molecule has 0 radical (unpaired) electrons. The van der Waals surface area contributed by atoms with E-state index in [1.54, 1.807) is 24.7 Å². The van der Waals surface area contributed by atoms with Crippen LogP contribution in [0, 0.1) is 19.3 Å². The van der Waals surface area contributed by atoms with Crippen molar-refractivity contribution >= 4 is 11.8 Å². The minimum absolute atomic E-state index is 0.143. The van der Waals surface area contributed by atoms with E-state index in [0.29, 0.717) is 11.3 Å². The number of hydrogen-bond donors (Lipinski definition) is 2. The maximum atomic E-state index is 13.0. The normalized spacial score (nSPS) is 11.3. The maximum Gasteiger partial charge on any atom is 0.255 e. The van der Waals surface area contributed by atoms with Crippen LogP contribution in [0.4, 0.5) is 0 Å². The molecule has 2 amide bonds. The molecule has 29 heavy (non-hydrogen) atoms. The first-order chi connectivity index (χ1) is 13.7. The zero-order chi connectivity index (χ0) is 21.2. The number of carbonyl (C=O) groups is 2. The Hall–Kier alpha value is -3.41. The Morgan fingerprint density at radius 2 is 1.79 bits per heavy atom. The number of aryl methyl sites for hydroxylation is 2. The standard InChI is InChI=1S/C23H26N4O2/c1-15-10-11-18(16(2)12-15)20-19(21(28)25-14-23(3,4)22(24)29)13-27(26-20)17-8-6-5-7-9-17/h5-13H,14H2,1-4H3,(H2,24,29)(H,25,28). The highest BCUT2D eigenvalue weighted by atomic mass is 16.2. The molecule has 0 aliphatic rings. The van der Waals surface area contributed by atoms with Gasteiger partial charge in [-0.05, 0) is 45.4 Å². The zero-order valence-electron chi connectivity index (χ0n) is 17.2. The summed E-state index contributed by atoms with van der Waals surface area (Å²) in [7, 11) is 0. The van der Waals surface area contributed by atoms with Gasteiger partial charge in [-0.15, -0.1) is 0 Å². The van der Waals surface area contributed by atoms with Crippen LogP contribution >= 0.6 is 0 Å². The average Bonchev–Trinajstić information content (AvgIpc) is 3.12. The zero-order valence-corrected chi connectivity index (χ0v) is 17.2. The lowest BCUT2D eigenvalue weighted by Gasteiger charge is -2.20. The summed E-state index contributed by atoms with van der Waals surface area (Å²) < 4.78 is 1.70. The third-order valence-electron chi connectivity index (χ3n) is 4.97. The van der Waals surface area contributed by atoms with Gasteiger partial charge in [-0.1, -0.05) is 42.0 Å². The molecule has 150 valence electrons. The number of benzene rings is 2. The predicted octanol–water partition coefficient (Wildman–Crippen LogP) is 3.40. The molecule has 0 saturated carbocycles. The first-order valence-corrected chi connectivity index (χ1v) is 9.50. The van der Waals surface area contributed by atoms with Crippen LogP contribution in [0.2, 0.25) is 0 Å². The van der Waals surface area contributed by atoms with Gasteiger partial charge in [0.25, 0.3) is 5.91 Å². The summed E-state index contributed by atoms with van der Waals surface area (Å²) in [6.45, 7) is 7.58. The number of aromatic nitrogens is 2. The molecule has 0 saturated heterocycles. The van der Waals surface area contributed by atoms with E-state index in [4.69, 9.17) is 10.8 Å². The Balaban J connectivity index is 2.03. The SMILES string of the molecule is Cc1ccc(-c2nn(-c3ccccc3)cc2C(=O)NCC(C)(C)C(N)=O)c(C)c1. The lowest BCUT2D eigenvalue weighted by atomic mass is 9.92. The molecule has 3 aromatic rings. The summed E-state index contributed by atoms with van der Waals surface area (Å²) in [5, 5.41) is 7.54. The van der Waals surface area contributed by atoms with E-state index in [1.165, 1.54) is 0 Å². The van der Waals surface area contributed by atoms with Gasteiger partial charge in [0.1, 0.15) is 5.69 Å². The number of nitrogens with two attached hydrogens (primary N) is 1. The van der Waals surface area contributed by atoms with Crippen molar-refractivity contribution in [3.8, 4) is 16.9 Å². The summed E-state index contributed by atoms with van der Waals surface area (Å²) in [6, 6.07) is 15.7. The number of para-hydroxylation sites is 1. The van der Waals surface area contributed by atoms with Crippen molar-refractivity contribution < 1.29 is 9.59 Å². The maximum absolute atomic E-state index is 13.0. The van der Waals surface area contributed by atoms with Gasteiger partial charge in [0.05, 0.1) is 16.7 Å². The van der Waals surface area contributed by atoms with Crippen LogP contribution < -0.4 is 11.1 Å². The lowest BCUT2D eigenvalue weighted by molar-refractivity contribution is -0.125. The quantitative estimate of drug-likeness (QED) is 0.676. The predicted molar refractivity (Wildman–Crippen MR) is 114 cm³/mol. The Morgan fingerprint density at radius 3 is 2.41 bits per heavy atom. The summed E-state index contributed by atoms with van der Waals surface area (Å²) in [6.07, 6.45) is 1.72. The smallest absolute Gasteiger partial charge is 0.255 e. The number of carbonyl (C=O) groups excluding carboxylic acids is 2. The molecule has 3 rings (SSSR count). The number of hydrogen-bond acceptors (Lipinski definition) is 3. The molecule has 3 N–H and O–H groups in total. The highest BCUT2D eigenvalue weighted by Gasteiger charge is 2.27. The number of primary amides is 1. The lowest BCUT2D eigenvalue weighted by Crippen LogP contribution is -2.42. The third-order valence-corrected chi connectivity index (χ3v) is 4.97. The molecule has 1 aromatic heterocycles. The second-order valence-corrected chi connectivity index (χ2v) is 7.92. The van der Waals surface area contributed by atoms with Crippen LogP contribution in [-0.4, -0.2) is 28.1 Å². The van der Waals surface area contributed by atoms with Gasteiger partial charge in [-0.2, -0.15) is 5.10 Å². The third kappa shape index (κ3) is 4.37. The highest BCUT2D eigenvalue weighted by molar-refractivity contribution is 6.00. The second-order valence-electron chi connectivity index (χ2n) is 7.92. The van der Waals surface area contributed by atoms with Gasteiger partial charge in [-0.25, -0.2) is 4.68 Å². The van der Waals surface area contributed by atoms with Crippen LogP contribution in [0.3, 0.4) is 0 Å². The van der Waals surface area contributed by atoms with Crippen molar-refractivity contribution in [2.24, 2.45) is 11.1 Å². The number of nitrogens with one attached hydrogen (secondary N) is 1. The van der Waals surface area contributed by atoms with Crippen LogP contribution in [-0.2, 0) is 4.79 Å². The molecule has 0 aliphatic carbocycles. The Bertz CT molecular complexity index is 1050. The first-order valence-electron chi connectivity index (χ1n) is 9.50. The average molecular weight is 390 g/mol. The molecule has 0 bridgehead atoms. The fraction of sp³-hybridized carbons (Fsp3) is 0.261. The van der Waals surface area contributed by atoms with E-state index in [9.17, 15) is 9.59 Å².